The maximum atomic E-state index is 12.9. The van der Waals surface area contributed by atoms with Crippen LogP contribution < -0.4 is 0 Å². The molecule has 5 heteroatoms. The van der Waals surface area contributed by atoms with Gasteiger partial charge in [0.2, 0.25) is 0 Å². The third-order valence-electron chi connectivity index (χ3n) is 12.5. The van der Waals surface area contributed by atoms with E-state index in [9.17, 15) is 14.7 Å². The van der Waals surface area contributed by atoms with E-state index in [1.54, 1.807) is 0 Å². The van der Waals surface area contributed by atoms with E-state index in [1.165, 1.54) is 18.1 Å². The second-order valence-electron chi connectivity index (χ2n) is 15.2. The zero-order valence-electron chi connectivity index (χ0n) is 24.7. The van der Waals surface area contributed by atoms with Crippen molar-refractivity contribution >= 4 is 11.8 Å². The summed E-state index contributed by atoms with van der Waals surface area (Å²) in [7, 11) is 0. The molecule has 0 aromatic heterocycles. The molecule has 0 unspecified atom stereocenters. The van der Waals surface area contributed by atoms with Crippen LogP contribution in [0.15, 0.2) is 11.1 Å². The Bertz CT molecular complexity index is 1020. The zero-order chi connectivity index (χ0) is 27.3. The highest BCUT2D eigenvalue weighted by atomic mass is 16.6. The van der Waals surface area contributed by atoms with E-state index in [1.807, 2.05) is 0 Å². The first-order valence-corrected chi connectivity index (χ1v) is 14.8. The summed E-state index contributed by atoms with van der Waals surface area (Å²) < 4.78 is 11.7. The van der Waals surface area contributed by atoms with E-state index >= 15 is 0 Å². The van der Waals surface area contributed by atoms with Crippen molar-refractivity contribution in [2.45, 2.75) is 138 Å². The zero-order valence-corrected chi connectivity index (χ0v) is 24.7. The summed E-state index contributed by atoms with van der Waals surface area (Å²) in [5.74, 6) is 0.947. The van der Waals surface area contributed by atoms with Crippen LogP contribution in [-0.4, -0.2) is 40.8 Å². The first-order valence-electron chi connectivity index (χ1n) is 14.8. The monoisotopic (exact) mass is 514 g/mol. The molecule has 0 amide bonds. The minimum absolute atomic E-state index is 0.0000676. The molecule has 5 nitrogen and oxygen atoms in total. The van der Waals surface area contributed by atoms with Gasteiger partial charge in [0.1, 0.15) is 18.0 Å². The van der Waals surface area contributed by atoms with Crippen LogP contribution in [0.4, 0.5) is 0 Å². The van der Waals surface area contributed by atoms with E-state index in [4.69, 9.17) is 9.47 Å². The smallest absolute Gasteiger partial charge is 0.302 e. The Morgan fingerprint density at radius 1 is 1.08 bits per heavy atom. The molecule has 1 aliphatic heterocycles. The lowest BCUT2D eigenvalue weighted by Gasteiger charge is -2.69. The molecular weight excluding hydrogens is 464 g/mol. The molecule has 37 heavy (non-hydrogen) atoms. The van der Waals surface area contributed by atoms with E-state index in [-0.39, 0.29) is 63.4 Å². The van der Waals surface area contributed by atoms with Crippen molar-refractivity contribution < 1.29 is 24.2 Å². The maximum Gasteiger partial charge on any atom is 0.302 e. The van der Waals surface area contributed by atoms with Gasteiger partial charge in [0.05, 0.1) is 11.7 Å². The summed E-state index contributed by atoms with van der Waals surface area (Å²) in [5.41, 5.74) is 2.41. The van der Waals surface area contributed by atoms with Gasteiger partial charge in [-0.15, -0.1) is 0 Å². The molecule has 208 valence electrons. The van der Waals surface area contributed by atoms with Crippen molar-refractivity contribution in [1.82, 2.24) is 0 Å². The van der Waals surface area contributed by atoms with Gasteiger partial charge < -0.3 is 14.6 Å². The Labute approximate surface area is 224 Å². The number of aliphatic hydroxyl groups excluding tert-OH is 1. The topological polar surface area (TPSA) is 76.1 Å². The van der Waals surface area contributed by atoms with Gasteiger partial charge >= 0.3 is 5.97 Å². The van der Waals surface area contributed by atoms with Crippen molar-refractivity contribution in [3.63, 3.8) is 0 Å². The summed E-state index contributed by atoms with van der Waals surface area (Å²) in [4.78, 5) is 24.8. The Morgan fingerprint density at radius 2 is 1.73 bits per heavy atom. The van der Waals surface area contributed by atoms with Crippen LogP contribution in [0.3, 0.4) is 0 Å². The molecule has 5 rings (SSSR count). The highest BCUT2D eigenvalue weighted by Crippen LogP contribution is 2.74. The molecular formula is C32H50O5. The average Bonchev–Trinajstić information content (AvgIpc) is 3.27. The molecule has 3 saturated carbocycles. The minimum atomic E-state index is -0.389. The second-order valence-corrected chi connectivity index (χ2v) is 15.2. The van der Waals surface area contributed by atoms with Gasteiger partial charge in [-0.2, -0.15) is 0 Å². The van der Waals surface area contributed by atoms with Crippen LogP contribution in [0.2, 0.25) is 0 Å². The average molecular weight is 515 g/mol. The van der Waals surface area contributed by atoms with Crippen LogP contribution in [0, 0.1) is 39.4 Å². The quantitative estimate of drug-likeness (QED) is 0.261. The molecule has 1 N–H and O–H groups in total. The lowest BCUT2D eigenvalue weighted by atomic mass is 9.36. The predicted octanol–water partition coefficient (Wildman–Crippen LogP) is 6.41. The number of hydrogen-bond acceptors (Lipinski definition) is 5. The van der Waals surface area contributed by atoms with Gasteiger partial charge in [0, 0.05) is 18.8 Å². The van der Waals surface area contributed by atoms with Gasteiger partial charge in [0.25, 0.3) is 0 Å². The number of allylic oxidation sites excluding steroid dienone is 1. The standard InChI is InChI=1S/C32H50O5/c1-18(16-23(36-19(2)33)27-29(5,6)37-27)20-10-14-31(8)21(20)17-22(34)26-30(7)13-12-25(35)28(3,4)24(30)11-15-32(26,31)9/h18,22-24,26-27,34H,10-17H2,1-9H3/t18-,22+,23+,24+,26+,27-,30+,31+,32+/m0/s1. The normalized spacial score (nSPS) is 45.4. The van der Waals surface area contributed by atoms with E-state index in [0.29, 0.717) is 18.1 Å². The predicted molar refractivity (Wildman–Crippen MR) is 144 cm³/mol. The molecule has 9 atom stereocenters. The number of carbonyl (C=O) groups excluding carboxylic acids is 2. The maximum absolute atomic E-state index is 12.9. The number of ether oxygens (including phenoxy) is 2. The first kappa shape index (κ1) is 27.4. The van der Waals surface area contributed by atoms with Crippen LogP contribution in [0.5, 0.6) is 0 Å². The summed E-state index contributed by atoms with van der Waals surface area (Å²) in [6, 6.07) is 0. The number of Topliss-reactive ketones (excluding diaryl/α,β-unsaturated/α-hetero) is 1. The highest BCUT2D eigenvalue weighted by molar-refractivity contribution is 5.85. The number of rotatable bonds is 5. The molecule has 0 aromatic rings. The molecule has 0 aromatic carbocycles. The fourth-order valence-electron chi connectivity index (χ4n) is 10.4. The third-order valence-corrected chi connectivity index (χ3v) is 12.5. The number of epoxide rings is 1. The summed E-state index contributed by atoms with van der Waals surface area (Å²) in [6.45, 7) is 19.5. The number of hydrogen-bond donors (Lipinski definition) is 1. The lowest BCUT2D eigenvalue weighted by molar-refractivity contribution is -0.208. The third kappa shape index (κ3) is 3.84. The Balaban J connectivity index is 1.46. The largest absolute Gasteiger partial charge is 0.460 e. The van der Waals surface area contributed by atoms with Crippen LogP contribution in [-0.2, 0) is 19.1 Å². The molecule has 0 radical (unpaired) electrons. The second kappa shape index (κ2) is 8.40. The fraction of sp³-hybridized carbons (Fsp3) is 0.875. The first-order chi connectivity index (χ1) is 17.0. The van der Waals surface area contributed by atoms with Gasteiger partial charge in [-0.3, -0.25) is 9.59 Å². The van der Waals surface area contributed by atoms with Crippen molar-refractivity contribution in [2.24, 2.45) is 39.4 Å². The number of carbonyl (C=O) groups is 2. The summed E-state index contributed by atoms with van der Waals surface area (Å²) >= 11 is 0. The van der Waals surface area contributed by atoms with Crippen LogP contribution >= 0.6 is 0 Å². The molecule has 1 heterocycles. The van der Waals surface area contributed by atoms with Gasteiger partial charge in [-0.25, -0.2) is 0 Å². The molecule has 0 spiro atoms. The molecule has 4 fully saturated rings. The Hall–Kier alpha value is -1.20. The number of aliphatic hydroxyl groups is 1. The summed E-state index contributed by atoms with van der Waals surface area (Å²) in [5, 5.41) is 11.9. The van der Waals surface area contributed by atoms with Gasteiger partial charge in [-0.05, 0) is 92.8 Å². The van der Waals surface area contributed by atoms with Crippen molar-refractivity contribution in [3.05, 3.63) is 11.1 Å². The Morgan fingerprint density at radius 3 is 2.32 bits per heavy atom. The number of esters is 1. The van der Waals surface area contributed by atoms with Crippen LogP contribution in [0.1, 0.15) is 114 Å². The highest BCUT2D eigenvalue weighted by Gasteiger charge is 2.69. The molecule has 1 saturated heterocycles. The van der Waals surface area contributed by atoms with E-state index in [0.717, 1.165) is 44.9 Å². The van der Waals surface area contributed by atoms with Crippen LogP contribution in [0.25, 0.3) is 0 Å². The Kier molecular flexibility index (Phi) is 6.21. The van der Waals surface area contributed by atoms with Gasteiger partial charge in [0.15, 0.2) is 0 Å². The van der Waals surface area contributed by atoms with E-state index < -0.39 is 0 Å². The molecule has 4 aliphatic carbocycles. The number of fused-ring (bicyclic) bond motifs is 5. The molecule has 0 bridgehead atoms. The van der Waals surface area contributed by atoms with Crippen molar-refractivity contribution in [2.75, 3.05) is 0 Å². The van der Waals surface area contributed by atoms with Crippen molar-refractivity contribution in [1.29, 1.82) is 0 Å². The SMILES string of the molecule is CC(=O)O[C@H](C[C@H](C)C1=C2C[C@@H](O)[C@@H]3[C@]4(C)CCC(=O)C(C)(C)[C@H]4CC[C@@]3(C)[C@]2(C)CC1)[C@@H]1OC1(C)C. The van der Waals surface area contributed by atoms with E-state index in [2.05, 4.69) is 55.4 Å². The lowest BCUT2D eigenvalue weighted by Crippen LogP contribution is -2.65. The number of ketones is 1. The van der Waals surface area contributed by atoms with Crippen molar-refractivity contribution in [3.8, 4) is 0 Å². The summed E-state index contributed by atoms with van der Waals surface area (Å²) in [6.07, 6.45) is 6.64. The van der Waals surface area contributed by atoms with Gasteiger partial charge in [-0.1, -0.05) is 52.7 Å². The molecule has 5 aliphatic rings. The minimum Gasteiger partial charge on any atom is -0.460 e. The fourth-order valence-corrected chi connectivity index (χ4v) is 10.4.